The minimum Gasteiger partial charge on any atom is -0.427 e. The van der Waals surface area contributed by atoms with Crippen molar-refractivity contribution in [2.75, 3.05) is 13.2 Å². The number of thiophene rings is 1. The molecule has 1 aromatic carbocycles. The Kier molecular flexibility index (Phi) is 5.31. The van der Waals surface area contributed by atoms with Gasteiger partial charge in [0.25, 0.3) is 0 Å². The summed E-state index contributed by atoms with van der Waals surface area (Å²) in [5, 5.41) is 1.94. The van der Waals surface area contributed by atoms with E-state index in [1.165, 1.54) is 11.3 Å². The molecule has 0 atom stereocenters. The summed E-state index contributed by atoms with van der Waals surface area (Å²) in [6.45, 7) is 4.04. The van der Waals surface area contributed by atoms with E-state index in [1.807, 2.05) is 47.8 Å². The van der Waals surface area contributed by atoms with Crippen LogP contribution in [0.3, 0.4) is 0 Å². The molecule has 2 aromatic heterocycles. The summed E-state index contributed by atoms with van der Waals surface area (Å²) < 4.78 is 30.0. The number of hydrogen-bond acceptors (Lipinski definition) is 6. The summed E-state index contributed by atoms with van der Waals surface area (Å²) in [6, 6.07) is 13.3. The number of hydrogen-bond donors (Lipinski definition) is 0. The van der Waals surface area contributed by atoms with E-state index in [4.69, 9.17) is 13.5 Å². The molecule has 7 heteroatoms. The van der Waals surface area contributed by atoms with Crippen LogP contribution in [0.4, 0.5) is 0 Å². The monoisotopic (exact) mass is 363 g/mol. The molecule has 0 saturated carbocycles. The summed E-state index contributed by atoms with van der Waals surface area (Å²) in [5.74, 6) is 0.415. The van der Waals surface area contributed by atoms with Crippen LogP contribution in [0.15, 0.2) is 52.3 Å². The Morgan fingerprint density at radius 2 is 1.79 bits per heavy atom. The first-order chi connectivity index (χ1) is 11.7. The first kappa shape index (κ1) is 17.1. The lowest BCUT2D eigenvalue weighted by molar-refractivity contribution is 0.225. The van der Waals surface area contributed by atoms with Crippen molar-refractivity contribution in [3.8, 4) is 22.0 Å². The van der Waals surface area contributed by atoms with Crippen LogP contribution in [0.2, 0.25) is 0 Å². The van der Waals surface area contributed by atoms with Crippen LogP contribution in [0, 0.1) is 0 Å². The molecule has 0 bridgehead atoms. The number of aromatic nitrogens is 1. The summed E-state index contributed by atoms with van der Waals surface area (Å²) >= 11 is 1.50. The van der Waals surface area contributed by atoms with E-state index in [9.17, 15) is 4.57 Å². The molecule has 126 valence electrons. The van der Waals surface area contributed by atoms with Crippen molar-refractivity contribution in [3.05, 3.63) is 47.8 Å². The molecule has 0 radical (unpaired) electrons. The summed E-state index contributed by atoms with van der Waals surface area (Å²) in [4.78, 5) is 5.42. The molecule has 2 heterocycles. The van der Waals surface area contributed by atoms with Gasteiger partial charge in [0.15, 0.2) is 0 Å². The molecule has 0 saturated heterocycles. The number of nitrogens with zero attached hydrogens (tertiary/aromatic N) is 1. The second kappa shape index (κ2) is 7.45. The van der Waals surface area contributed by atoms with Crippen molar-refractivity contribution in [3.63, 3.8) is 0 Å². The normalized spacial score (nSPS) is 11.8. The molecule has 0 unspecified atom stereocenters. The van der Waals surface area contributed by atoms with Gasteiger partial charge in [0.2, 0.25) is 11.4 Å². The third-order valence-electron chi connectivity index (χ3n) is 3.24. The Morgan fingerprint density at radius 3 is 2.38 bits per heavy atom. The van der Waals surface area contributed by atoms with Crippen LogP contribution >= 0.6 is 18.9 Å². The van der Waals surface area contributed by atoms with Gasteiger partial charge in [-0.3, -0.25) is 4.57 Å². The van der Waals surface area contributed by atoms with Crippen molar-refractivity contribution < 1.29 is 18.0 Å². The maximum atomic E-state index is 13.2. The molecule has 24 heavy (non-hydrogen) atoms. The highest BCUT2D eigenvalue weighted by atomic mass is 32.1. The Labute approximate surface area is 144 Å². The molecular formula is C17H18NO4PS. The smallest absolute Gasteiger partial charge is 0.398 e. The molecule has 3 rings (SSSR count). The minimum atomic E-state index is -3.58. The summed E-state index contributed by atoms with van der Waals surface area (Å²) in [6.07, 6.45) is 0. The molecule has 0 aliphatic heterocycles. The van der Waals surface area contributed by atoms with E-state index in [2.05, 4.69) is 4.98 Å². The largest absolute Gasteiger partial charge is 0.427 e. The molecule has 0 aliphatic carbocycles. The third-order valence-corrected chi connectivity index (χ3v) is 6.09. The molecule has 0 N–H and O–H groups in total. The summed E-state index contributed by atoms with van der Waals surface area (Å²) in [5.41, 5.74) is 1.45. The zero-order chi connectivity index (χ0) is 17.0. The quantitative estimate of drug-likeness (QED) is 0.555. The Morgan fingerprint density at radius 1 is 1.08 bits per heavy atom. The van der Waals surface area contributed by atoms with Crippen LogP contribution in [0.5, 0.6) is 0 Å². The van der Waals surface area contributed by atoms with E-state index in [1.54, 1.807) is 13.8 Å². The lowest BCUT2D eigenvalue weighted by Crippen LogP contribution is -2.11. The number of rotatable bonds is 7. The first-order valence-electron chi connectivity index (χ1n) is 7.67. The van der Waals surface area contributed by atoms with Crippen LogP contribution in [0.1, 0.15) is 13.8 Å². The van der Waals surface area contributed by atoms with E-state index < -0.39 is 7.60 Å². The Hall–Kier alpha value is -1.72. The molecule has 0 fully saturated rings. The van der Waals surface area contributed by atoms with Gasteiger partial charge in [-0.2, -0.15) is 0 Å². The van der Waals surface area contributed by atoms with Gasteiger partial charge in [-0.1, -0.05) is 36.4 Å². The van der Waals surface area contributed by atoms with Gasteiger partial charge in [-0.05, 0) is 25.3 Å². The van der Waals surface area contributed by atoms with E-state index >= 15 is 0 Å². The second-order valence-corrected chi connectivity index (χ2v) is 7.71. The maximum absolute atomic E-state index is 13.2. The predicted molar refractivity (Wildman–Crippen MR) is 95.7 cm³/mol. The molecule has 0 aliphatic rings. The molecule has 3 aromatic rings. The van der Waals surface area contributed by atoms with E-state index in [-0.39, 0.29) is 18.7 Å². The van der Waals surface area contributed by atoms with Gasteiger partial charge in [-0.25, -0.2) is 4.98 Å². The highest BCUT2D eigenvalue weighted by Gasteiger charge is 2.36. The standard InChI is InChI=1S/C17H18NO4PS/c1-3-20-23(19,21-4-2)17-15(13-9-6-5-7-10-13)18-16(22-17)14-11-8-12-24-14/h5-12H,3-4H2,1-2H3. The van der Waals surface area contributed by atoms with Gasteiger partial charge < -0.3 is 13.5 Å². The van der Waals surface area contributed by atoms with Crippen molar-refractivity contribution in [1.29, 1.82) is 0 Å². The first-order valence-corrected chi connectivity index (χ1v) is 10.1. The fourth-order valence-corrected chi connectivity index (χ4v) is 4.56. The van der Waals surface area contributed by atoms with Crippen molar-refractivity contribution in [1.82, 2.24) is 4.98 Å². The zero-order valence-corrected chi connectivity index (χ0v) is 15.2. The summed E-state index contributed by atoms with van der Waals surface area (Å²) in [7, 11) is -3.58. The third kappa shape index (κ3) is 3.37. The van der Waals surface area contributed by atoms with Gasteiger partial charge in [0, 0.05) is 5.56 Å². The lowest BCUT2D eigenvalue weighted by Gasteiger charge is -2.15. The average molecular weight is 363 g/mol. The highest BCUT2D eigenvalue weighted by molar-refractivity contribution is 7.62. The van der Waals surface area contributed by atoms with Crippen LogP contribution < -0.4 is 5.50 Å². The molecule has 0 amide bonds. The minimum absolute atomic E-state index is 0.154. The SMILES string of the molecule is CCOP(=O)(OCC)c1oc(-c2cccs2)nc1-c1ccccc1. The molecule has 0 spiro atoms. The fraction of sp³-hybridized carbons (Fsp3) is 0.235. The highest BCUT2D eigenvalue weighted by Crippen LogP contribution is 2.50. The average Bonchev–Trinajstić information content (AvgIpc) is 3.26. The topological polar surface area (TPSA) is 61.6 Å². The molecular weight excluding hydrogens is 345 g/mol. The molecule has 5 nitrogen and oxygen atoms in total. The number of benzene rings is 1. The van der Waals surface area contributed by atoms with Gasteiger partial charge in [0.05, 0.1) is 18.1 Å². The van der Waals surface area contributed by atoms with Crippen molar-refractivity contribution >= 4 is 24.4 Å². The van der Waals surface area contributed by atoms with E-state index in [0.717, 1.165) is 10.4 Å². The van der Waals surface area contributed by atoms with Crippen LogP contribution in [-0.2, 0) is 13.6 Å². The zero-order valence-electron chi connectivity index (χ0n) is 13.5. The van der Waals surface area contributed by atoms with Crippen LogP contribution in [0.25, 0.3) is 22.0 Å². The Bertz CT molecular complexity index is 820. The second-order valence-electron chi connectivity index (χ2n) is 4.85. The van der Waals surface area contributed by atoms with Crippen LogP contribution in [-0.4, -0.2) is 18.2 Å². The van der Waals surface area contributed by atoms with Gasteiger partial charge >= 0.3 is 7.60 Å². The van der Waals surface area contributed by atoms with Gasteiger partial charge in [0.1, 0.15) is 5.69 Å². The van der Waals surface area contributed by atoms with Crippen molar-refractivity contribution in [2.45, 2.75) is 13.8 Å². The fourth-order valence-electron chi connectivity index (χ4n) is 2.28. The van der Waals surface area contributed by atoms with E-state index in [0.29, 0.717) is 11.6 Å². The number of oxazole rings is 1. The maximum Gasteiger partial charge on any atom is 0.398 e. The predicted octanol–water partition coefficient (Wildman–Crippen LogP) is 4.96. The van der Waals surface area contributed by atoms with Crippen molar-refractivity contribution in [2.24, 2.45) is 0 Å². The lowest BCUT2D eigenvalue weighted by atomic mass is 10.2. The Balaban J connectivity index is 2.17. The van der Waals surface area contributed by atoms with Gasteiger partial charge in [-0.15, -0.1) is 11.3 Å².